The summed E-state index contributed by atoms with van der Waals surface area (Å²) in [6.45, 7) is 2.66. The standard InChI is InChI=1S/C14H16O3/c1-14(7-4-8-16-14)13(15)12-9-10-5-2-3-6-11(10)17-12/h2-3,5-6,9,13,15H,4,7-8H2,1H3. The first-order valence-corrected chi connectivity index (χ1v) is 5.99. The number of benzene rings is 1. The number of para-hydroxylation sites is 1. The molecule has 1 aromatic heterocycles. The molecule has 2 heterocycles. The summed E-state index contributed by atoms with van der Waals surface area (Å²) >= 11 is 0. The van der Waals surface area contributed by atoms with Crippen molar-refractivity contribution in [2.24, 2.45) is 0 Å². The molecule has 0 radical (unpaired) electrons. The molecule has 1 fully saturated rings. The number of aliphatic hydroxyl groups is 1. The molecule has 0 aliphatic carbocycles. The third-order valence-electron chi connectivity index (χ3n) is 3.54. The average Bonchev–Trinajstić information content (AvgIpc) is 2.94. The summed E-state index contributed by atoms with van der Waals surface area (Å²) in [6, 6.07) is 9.67. The smallest absolute Gasteiger partial charge is 0.140 e. The fraction of sp³-hybridized carbons (Fsp3) is 0.429. The van der Waals surface area contributed by atoms with E-state index in [2.05, 4.69) is 0 Å². The second-order valence-electron chi connectivity index (χ2n) is 4.85. The number of rotatable bonds is 2. The molecular formula is C14H16O3. The first-order chi connectivity index (χ1) is 8.19. The van der Waals surface area contributed by atoms with Crippen molar-refractivity contribution >= 4 is 11.0 Å². The SMILES string of the molecule is CC1(C(O)c2cc3ccccc3o2)CCCO1. The van der Waals surface area contributed by atoms with E-state index in [-0.39, 0.29) is 0 Å². The minimum Gasteiger partial charge on any atom is -0.458 e. The van der Waals surface area contributed by atoms with Crippen LogP contribution in [0.1, 0.15) is 31.6 Å². The molecule has 2 unspecified atom stereocenters. The molecule has 17 heavy (non-hydrogen) atoms. The van der Waals surface area contributed by atoms with Gasteiger partial charge in [-0.2, -0.15) is 0 Å². The van der Waals surface area contributed by atoms with Crippen LogP contribution in [0.2, 0.25) is 0 Å². The lowest BCUT2D eigenvalue weighted by Crippen LogP contribution is -2.31. The van der Waals surface area contributed by atoms with Crippen molar-refractivity contribution < 1.29 is 14.3 Å². The summed E-state index contributed by atoms with van der Waals surface area (Å²) in [7, 11) is 0. The third-order valence-corrected chi connectivity index (χ3v) is 3.54. The first-order valence-electron chi connectivity index (χ1n) is 5.99. The molecule has 1 N–H and O–H groups in total. The van der Waals surface area contributed by atoms with Crippen LogP contribution in [0.25, 0.3) is 11.0 Å². The second kappa shape index (κ2) is 3.86. The minimum absolute atomic E-state index is 0.506. The van der Waals surface area contributed by atoms with Gasteiger partial charge in [-0.25, -0.2) is 0 Å². The maximum absolute atomic E-state index is 10.4. The normalized spacial score (nSPS) is 26.5. The predicted molar refractivity (Wildman–Crippen MR) is 64.8 cm³/mol. The van der Waals surface area contributed by atoms with E-state index < -0.39 is 11.7 Å². The van der Waals surface area contributed by atoms with Gasteiger partial charge in [0.15, 0.2) is 0 Å². The highest BCUT2D eigenvalue weighted by atomic mass is 16.5. The summed E-state index contributed by atoms with van der Waals surface area (Å²) in [5.41, 5.74) is 0.302. The van der Waals surface area contributed by atoms with Gasteiger partial charge in [0.25, 0.3) is 0 Å². The van der Waals surface area contributed by atoms with Crippen molar-refractivity contribution in [1.82, 2.24) is 0 Å². The number of hydrogen-bond acceptors (Lipinski definition) is 3. The Morgan fingerprint density at radius 2 is 2.18 bits per heavy atom. The van der Waals surface area contributed by atoms with Gasteiger partial charge in [0.1, 0.15) is 17.4 Å². The van der Waals surface area contributed by atoms with E-state index in [1.54, 1.807) is 0 Å². The first kappa shape index (κ1) is 10.8. The van der Waals surface area contributed by atoms with Crippen molar-refractivity contribution in [3.05, 3.63) is 36.1 Å². The van der Waals surface area contributed by atoms with Crippen LogP contribution in [0, 0.1) is 0 Å². The number of aliphatic hydroxyl groups excluding tert-OH is 1. The predicted octanol–water partition coefficient (Wildman–Crippen LogP) is 3.04. The van der Waals surface area contributed by atoms with Crippen LogP contribution in [0.5, 0.6) is 0 Å². The fourth-order valence-corrected chi connectivity index (χ4v) is 2.45. The molecular weight excluding hydrogens is 216 g/mol. The molecule has 3 heteroatoms. The number of hydrogen-bond donors (Lipinski definition) is 1. The molecule has 1 aliphatic heterocycles. The van der Waals surface area contributed by atoms with Crippen molar-refractivity contribution in [2.75, 3.05) is 6.61 Å². The van der Waals surface area contributed by atoms with Gasteiger partial charge in [0, 0.05) is 12.0 Å². The van der Waals surface area contributed by atoms with E-state index in [9.17, 15) is 5.11 Å². The van der Waals surface area contributed by atoms with Crippen LogP contribution in [-0.2, 0) is 4.74 Å². The molecule has 1 aliphatic rings. The van der Waals surface area contributed by atoms with Gasteiger partial charge in [0.05, 0.1) is 5.60 Å². The Bertz CT molecular complexity index is 490. The van der Waals surface area contributed by atoms with Gasteiger partial charge in [0.2, 0.25) is 0 Å². The lowest BCUT2D eigenvalue weighted by molar-refractivity contribution is -0.0869. The van der Waals surface area contributed by atoms with Crippen LogP contribution in [0.3, 0.4) is 0 Å². The third kappa shape index (κ3) is 1.75. The van der Waals surface area contributed by atoms with Gasteiger partial charge in [-0.05, 0) is 31.9 Å². The Morgan fingerprint density at radius 1 is 1.35 bits per heavy atom. The Labute approximate surface area is 100.0 Å². The molecule has 0 bridgehead atoms. The van der Waals surface area contributed by atoms with E-state index in [0.717, 1.165) is 23.8 Å². The van der Waals surface area contributed by atoms with Crippen LogP contribution < -0.4 is 0 Å². The maximum Gasteiger partial charge on any atom is 0.140 e. The lowest BCUT2D eigenvalue weighted by atomic mass is 9.94. The van der Waals surface area contributed by atoms with Crippen LogP contribution in [-0.4, -0.2) is 17.3 Å². The lowest BCUT2D eigenvalue weighted by Gasteiger charge is -2.27. The Kier molecular flexibility index (Phi) is 2.45. The zero-order chi connectivity index (χ0) is 11.9. The maximum atomic E-state index is 10.4. The summed E-state index contributed by atoms with van der Waals surface area (Å²) in [4.78, 5) is 0. The topological polar surface area (TPSA) is 42.6 Å². The average molecular weight is 232 g/mol. The molecule has 0 amide bonds. The summed E-state index contributed by atoms with van der Waals surface area (Å²) in [5.74, 6) is 0.593. The Balaban J connectivity index is 1.97. The van der Waals surface area contributed by atoms with Crippen LogP contribution in [0.15, 0.2) is 34.7 Å². The summed E-state index contributed by atoms with van der Waals surface area (Å²) in [6.07, 6.45) is 1.16. The van der Waals surface area contributed by atoms with Crippen molar-refractivity contribution in [3.8, 4) is 0 Å². The highest BCUT2D eigenvalue weighted by Gasteiger charge is 2.40. The molecule has 1 aromatic carbocycles. The van der Waals surface area contributed by atoms with Gasteiger partial charge < -0.3 is 14.3 Å². The molecule has 2 aromatic rings. The van der Waals surface area contributed by atoms with Crippen LogP contribution in [0.4, 0.5) is 0 Å². The molecule has 3 rings (SSSR count). The van der Waals surface area contributed by atoms with E-state index in [0.29, 0.717) is 12.4 Å². The molecule has 1 saturated heterocycles. The van der Waals surface area contributed by atoms with Crippen molar-refractivity contribution in [1.29, 1.82) is 0 Å². The van der Waals surface area contributed by atoms with Gasteiger partial charge >= 0.3 is 0 Å². The van der Waals surface area contributed by atoms with E-state index >= 15 is 0 Å². The monoisotopic (exact) mass is 232 g/mol. The quantitative estimate of drug-likeness (QED) is 0.865. The number of furan rings is 1. The zero-order valence-corrected chi connectivity index (χ0v) is 9.85. The molecule has 90 valence electrons. The van der Waals surface area contributed by atoms with Gasteiger partial charge in [-0.1, -0.05) is 18.2 Å². The Hall–Kier alpha value is -1.32. The van der Waals surface area contributed by atoms with E-state index in [1.807, 2.05) is 37.3 Å². The fourth-order valence-electron chi connectivity index (χ4n) is 2.45. The van der Waals surface area contributed by atoms with Crippen LogP contribution >= 0.6 is 0 Å². The molecule has 2 atom stereocenters. The number of ether oxygens (including phenoxy) is 1. The highest BCUT2D eigenvalue weighted by molar-refractivity contribution is 5.77. The van der Waals surface area contributed by atoms with Crippen molar-refractivity contribution in [2.45, 2.75) is 31.5 Å². The van der Waals surface area contributed by atoms with Crippen molar-refractivity contribution in [3.63, 3.8) is 0 Å². The molecule has 0 saturated carbocycles. The van der Waals surface area contributed by atoms with Gasteiger partial charge in [-0.3, -0.25) is 0 Å². The second-order valence-corrected chi connectivity index (χ2v) is 4.85. The van der Waals surface area contributed by atoms with E-state index in [1.165, 1.54) is 0 Å². The summed E-state index contributed by atoms with van der Waals surface area (Å²) in [5, 5.41) is 11.4. The van der Waals surface area contributed by atoms with Gasteiger partial charge in [-0.15, -0.1) is 0 Å². The summed E-state index contributed by atoms with van der Waals surface area (Å²) < 4.78 is 11.3. The largest absolute Gasteiger partial charge is 0.458 e. The highest BCUT2D eigenvalue weighted by Crippen LogP contribution is 2.38. The van der Waals surface area contributed by atoms with E-state index in [4.69, 9.17) is 9.15 Å². The zero-order valence-electron chi connectivity index (χ0n) is 9.85. The molecule has 3 nitrogen and oxygen atoms in total. The molecule has 0 spiro atoms. The minimum atomic E-state index is -0.697. The number of fused-ring (bicyclic) bond motifs is 1. The Morgan fingerprint density at radius 3 is 2.88 bits per heavy atom.